The van der Waals surface area contributed by atoms with E-state index >= 15 is 0 Å². The van der Waals surface area contributed by atoms with Crippen LogP contribution >= 0.6 is 11.3 Å². The number of thiazole rings is 1. The van der Waals surface area contributed by atoms with Crippen LogP contribution in [0, 0.1) is 0 Å². The van der Waals surface area contributed by atoms with Crippen LogP contribution in [0.25, 0.3) is 11.3 Å². The molecular weight excluding hydrogens is 346 g/mol. The van der Waals surface area contributed by atoms with Crippen LogP contribution in [-0.2, 0) is 17.6 Å². The fraction of sp³-hybridized carbons (Fsp3) is 0.250. The van der Waals surface area contributed by atoms with Gasteiger partial charge in [0.1, 0.15) is 5.75 Å². The number of aromatic nitrogens is 2. The SMILES string of the molecule is COc1ccc(CCC(=O)NCCc2nc(-c3ccncc3)cs2)cc1. The van der Waals surface area contributed by atoms with Crippen molar-refractivity contribution in [3.63, 3.8) is 0 Å². The second-order valence-electron chi connectivity index (χ2n) is 5.81. The Kier molecular flexibility index (Phi) is 6.33. The molecule has 0 unspecified atom stereocenters. The van der Waals surface area contributed by atoms with Crippen molar-refractivity contribution in [3.8, 4) is 17.0 Å². The second-order valence-corrected chi connectivity index (χ2v) is 6.75. The predicted molar refractivity (Wildman–Crippen MR) is 103 cm³/mol. The third kappa shape index (κ3) is 5.13. The third-order valence-electron chi connectivity index (χ3n) is 3.99. The van der Waals surface area contributed by atoms with Gasteiger partial charge in [0.05, 0.1) is 17.8 Å². The van der Waals surface area contributed by atoms with Gasteiger partial charge >= 0.3 is 0 Å². The lowest BCUT2D eigenvalue weighted by molar-refractivity contribution is -0.121. The van der Waals surface area contributed by atoms with E-state index in [1.807, 2.05) is 41.8 Å². The highest BCUT2D eigenvalue weighted by Gasteiger charge is 2.06. The second kappa shape index (κ2) is 9.10. The first-order valence-electron chi connectivity index (χ1n) is 8.49. The first-order valence-corrected chi connectivity index (χ1v) is 9.37. The molecule has 0 fully saturated rings. The summed E-state index contributed by atoms with van der Waals surface area (Å²) < 4.78 is 5.13. The van der Waals surface area contributed by atoms with Gasteiger partial charge in [-0.2, -0.15) is 0 Å². The van der Waals surface area contributed by atoms with E-state index in [2.05, 4.69) is 15.3 Å². The van der Waals surface area contributed by atoms with Gasteiger partial charge in [0.15, 0.2) is 0 Å². The molecule has 0 spiro atoms. The molecule has 1 amide bonds. The first kappa shape index (κ1) is 18.1. The van der Waals surface area contributed by atoms with Crippen LogP contribution in [0.5, 0.6) is 5.75 Å². The lowest BCUT2D eigenvalue weighted by Gasteiger charge is -2.05. The summed E-state index contributed by atoms with van der Waals surface area (Å²) in [7, 11) is 1.64. The number of nitrogens with zero attached hydrogens (tertiary/aromatic N) is 2. The van der Waals surface area contributed by atoms with E-state index in [0.717, 1.165) is 40.4 Å². The molecule has 0 atom stereocenters. The van der Waals surface area contributed by atoms with Gasteiger partial charge in [-0.05, 0) is 36.2 Å². The topological polar surface area (TPSA) is 64.1 Å². The lowest BCUT2D eigenvalue weighted by Crippen LogP contribution is -2.25. The Bertz CT molecular complexity index is 832. The molecule has 6 heteroatoms. The minimum atomic E-state index is 0.0618. The molecule has 2 aromatic heterocycles. The maximum absolute atomic E-state index is 12.0. The van der Waals surface area contributed by atoms with Crippen molar-refractivity contribution < 1.29 is 9.53 Å². The van der Waals surface area contributed by atoms with Crippen molar-refractivity contribution in [3.05, 3.63) is 64.7 Å². The number of nitrogens with one attached hydrogen (secondary N) is 1. The number of carbonyl (C=O) groups is 1. The van der Waals surface area contributed by atoms with Gasteiger partial charge in [-0.25, -0.2) is 4.98 Å². The highest BCUT2D eigenvalue weighted by Crippen LogP contribution is 2.21. The molecule has 0 radical (unpaired) electrons. The molecule has 134 valence electrons. The smallest absolute Gasteiger partial charge is 0.220 e. The lowest BCUT2D eigenvalue weighted by atomic mass is 10.1. The molecule has 2 heterocycles. The number of aryl methyl sites for hydroxylation is 1. The Hall–Kier alpha value is -2.73. The van der Waals surface area contributed by atoms with Gasteiger partial charge < -0.3 is 10.1 Å². The molecule has 0 aliphatic carbocycles. The Morgan fingerprint density at radius 2 is 1.88 bits per heavy atom. The molecule has 3 aromatic rings. The van der Waals surface area contributed by atoms with Gasteiger partial charge in [0.25, 0.3) is 0 Å². The van der Waals surface area contributed by atoms with Crippen LogP contribution in [0.3, 0.4) is 0 Å². The molecule has 0 saturated heterocycles. The number of hydrogen-bond acceptors (Lipinski definition) is 5. The minimum Gasteiger partial charge on any atom is -0.497 e. The summed E-state index contributed by atoms with van der Waals surface area (Å²) in [5, 5.41) is 6.02. The fourth-order valence-corrected chi connectivity index (χ4v) is 3.34. The number of amides is 1. The summed E-state index contributed by atoms with van der Waals surface area (Å²) in [6.45, 7) is 0.602. The largest absolute Gasteiger partial charge is 0.497 e. The molecule has 0 bridgehead atoms. The molecule has 1 aromatic carbocycles. The highest BCUT2D eigenvalue weighted by atomic mass is 32.1. The molecule has 0 aliphatic rings. The summed E-state index contributed by atoms with van der Waals surface area (Å²) in [6, 6.07) is 11.7. The quantitative estimate of drug-likeness (QED) is 0.662. The maximum Gasteiger partial charge on any atom is 0.220 e. The number of benzene rings is 1. The summed E-state index contributed by atoms with van der Waals surface area (Å²) in [5.74, 6) is 0.888. The molecular formula is C20H21N3O2S. The Labute approximate surface area is 157 Å². The van der Waals surface area contributed by atoms with E-state index in [4.69, 9.17) is 4.74 Å². The summed E-state index contributed by atoms with van der Waals surface area (Å²) in [6.07, 6.45) is 5.46. The number of pyridine rings is 1. The van der Waals surface area contributed by atoms with Gasteiger partial charge in [0, 0.05) is 42.7 Å². The van der Waals surface area contributed by atoms with Crippen LogP contribution in [0.2, 0.25) is 0 Å². The predicted octanol–water partition coefficient (Wildman–Crippen LogP) is 3.51. The van der Waals surface area contributed by atoms with E-state index in [1.54, 1.807) is 30.8 Å². The van der Waals surface area contributed by atoms with Gasteiger partial charge in [-0.15, -0.1) is 11.3 Å². The Morgan fingerprint density at radius 3 is 2.62 bits per heavy atom. The molecule has 0 aliphatic heterocycles. The molecule has 26 heavy (non-hydrogen) atoms. The van der Waals surface area contributed by atoms with Crippen molar-refractivity contribution in [2.24, 2.45) is 0 Å². The standard InChI is InChI=1S/C20H21N3O2S/c1-25-17-5-2-15(3-6-17)4-7-19(24)22-13-10-20-23-18(14-26-20)16-8-11-21-12-9-16/h2-3,5-6,8-9,11-12,14H,4,7,10,13H2,1H3,(H,22,24). The zero-order chi connectivity index (χ0) is 18.2. The van der Waals surface area contributed by atoms with Gasteiger partial charge in [-0.1, -0.05) is 12.1 Å². The van der Waals surface area contributed by atoms with E-state index in [0.29, 0.717) is 13.0 Å². The van der Waals surface area contributed by atoms with E-state index in [-0.39, 0.29) is 5.91 Å². The van der Waals surface area contributed by atoms with Crippen molar-refractivity contribution in [1.82, 2.24) is 15.3 Å². The monoisotopic (exact) mass is 367 g/mol. The Morgan fingerprint density at radius 1 is 1.12 bits per heavy atom. The molecule has 3 rings (SSSR count). The molecule has 5 nitrogen and oxygen atoms in total. The van der Waals surface area contributed by atoms with Crippen molar-refractivity contribution in [1.29, 1.82) is 0 Å². The number of hydrogen-bond donors (Lipinski definition) is 1. The zero-order valence-electron chi connectivity index (χ0n) is 14.6. The van der Waals surface area contributed by atoms with Crippen LogP contribution < -0.4 is 10.1 Å². The van der Waals surface area contributed by atoms with Crippen molar-refractivity contribution in [2.45, 2.75) is 19.3 Å². The van der Waals surface area contributed by atoms with E-state index in [9.17, 15) is 4.79 Å². The summed E-state index contributed by atoms with van der Waals surface area (Å²) >= 11 is 1.62. The number of carbonyl (C=O) groups excluding carboxylic acids is 1. The Balaban J connectivity index is 1.40. The van der Waals surface area contributed by atoms with E-state index < -0.39 is 0 Å². The average Bonchev–Trinajstić information content (AvgIpc) is 3.16. The van der Waals surface area contributed by atoms with Gasteiger partial charge in [-0.3, -0.25) is 9.78 Å². The average molecular weight is 367 g/mol. The molecule has 0 saturated carbocycles. The number of rotatable bonds is 8. The zero-order valence-corrected chi connectivity index (χ0v) is 15.5. The van der Waals surface area contributed by atoms with Crippen LogP contribution in [-0.4, -0.2) is 29.5 Å². The van der Waals surface area contributed by atoms with E-state index in [1.165, 1.54) is 0 Å². The minimum absolute atomic E-state index is 0.0618. The van der Waals surface area contributed by atoms with Crippen molar-refractivity contribution >= 4 is 17.2 Å². The van der Waals surface area contributed by atoms with Crippen LogP contribution in [0.15, 0.2) is 54.2 Å². The van der Waals surface area contributed by atoms with Crippen LogP contribution in [0.4, 0.5) is 0 Å². The maximum atomic E-state index is 12.0. The summed E-state index contributed by atoms with van der Waals surface area (Å²) in [4.78, 5) is 20.6. The molecule has 1 N–H and O–H groups in total. The normalized spacial score (nSPS) is 10.5. The highest BCUT2D eigenvalue weighted by molar-refractivity contribution is 7.09. The summed E-state index contributed by atoms with van der Waals surface area (Å²) in [5.41, 5.74) is 3.15. The number of ether oxygens (including phenoxy) is 1. The number of methoxy groups -OCH3 is 1. The van der Waals surface area contributed by atoms with Gasteiger partial charge in [0.2, 0.25) is 5.91 Å². The first-order chi connectivity index (χ1) is 12.7. The fourth-order valence-electron chi connectivity index (χ4n) is 2.53. The van der Waals surface area contributed by atoms with Crippen LogP contribution in [0.1, 0.15) is 17.0 Å². The third-order valence-corrected chi connectivity index (χ3v) is 4.90. The van der Waals surface area contributed by atoms with Crippen molar-refractivity contribution in [2.75, 3.05) is 13.7 Å².